The first-order valence-electron chi connectivity index (χ1n) is 7.23. The van der Waals surface area contributed by atoms with Gasteiger partial charge in [-0.25, -0.2) is 9.36 Å². The number of H-pyrrole nitrogens is 1. The molecule has 0 aromatic carbocycles. The minimum atomic E-state index is -4.74. The highest BCUT2D eigenvalue weighted by Gasteiger charge is 2.48. The zero-order valence-electron chi connectivity index (χ0n) is 13.5. The summed E-state index contributed by atoms with van der Waals surface area (Å²) in [6, 6.07) is 1.12. The third-order valence-electron chi connectivity index (χ3n) is 3.46. The quantitative estimate of drug-likeness (QED) is 0.313. The number of nitrogens with two attached hydrogens (primary N) is 1. The molecule has 12 nitrogen and oxygen atoms in total. The van der Waals surface area contributed by atoms with Crippen LogP contribution in [0.2, 0.25) is 0 Å². The van der Waals surface area contributed by atoms with E-state index < -0.39 is 56.4 Å². The molecule has 1 aromatic heterocycles. The van der Waals surface area contributed by atoms with Gasteiger partial charge in [0, 0.05) is 19.4 Å². The standard InChI is InChI=1S/C12H20N3O9P/c1-6(13)23-9-7(5-22-25(18,19)20)24-11(10(9)21-2)15-4-3-8(16)14-12(15)17/h3-4,6-7,9-11H,5,13H2,1-2H3,(H,14,16,17)(H2,18,19,20)/t6?,7-,9?,10?,11-/m1/s1. The Morgan fingerprint density at radius 1 is 1.44 bits per heavy atom. The smallest absolute Gasteiger partial charge is 0.374 e. The minimum absolute atomic E-state index is 0.518. The summed E-state index contributed by atoms with van der Waals surface area (Å²) in [4.78, 5) is 43.0. The van der Waals surface area contributed by atoms with Gasteiger partial charge in [0.2, 0.25) is 0 Å². The molecule has 1 saturated heterocycles. The molecular formula is C12H20N3O9P. The molecule has 13 heteroatoms. The van der Waals surface area contributed by atoms with E-state index in [1.54, 1.807) is 6.92 Å². The van der Waals surface area contributed by atoms with Gasteiger partial charge in [-0.15, -0.1) is 0 Å². The Kier molecular flexibility index (Phi) is 6.30. The van der Waals surface area contributed by atoms with Gasteiger partial charge in [-0.1, -0.05) is 0 Å². The molecule has 1 aromatic rings. The Morgan fingerprint density at radius 3 is 2.64 bits per heavy atom. The van der Waals surface area contributed by atoms with Crippen molar-refractivity contribution in [3.05, 3.63) is 33.1 Å². The Labute approximate surface area is 141 Å². The van der Waals surface area contributed by atoms with Gasteiger partial charge in [-0.2, -0.15) is 0 Å². The summed E-state index contributed by atoms with van der Waals surface area (Å²) in [6.07, 6.45) is -3.25. The molecule has 5 atom stereocenters. The van der Waals surface area contributed by atoms with Gasteiger partial charge in [0.05, 0.1) is 6.61 Å². The van der Waals surface area contributed by atoms with Crippen LogP contribution in [0.4, 0.5) is 0 Å². The van der Waals surface area contributed by atoms with Crippen molar-refractivity contribution in [2.24, 2.45) is 5.73 Å². The topological polar surface area (TPSA) is 175 Å². The van der Waals surface area contributed by atoms with Crippen molar-refractivity contribution in [3.8, 4) is 0 Å². The maximum Gasteiger partial charge on any atom is 0.469 e. The van der Waals surface area contributed by atoms with Crippen LogP contribution < -0.4 is 17.0 Å². The number of methoxy groups -OCH3 is 1. The van der Waals surface area contributed by atoms with E-state index in [0.717, 1.165) is 10.6 Å². The predicted molar refractivity (Wildman–Crippen MR) is 82.5 cm³/mol. The highest BCUT2D eigenvalue weighted by Crippen LogP contribution is 2.39. The van der Waals surface area contributed by atoms with Crippen LogP contribution in [0, 0.1) is 0 Å². The monoisotopic (exact) mass is 381 g/mol. The lowest BCUT2D eigenvalue weighted by Crippen LogP contribution is -2.43. The number of phosphoric ester groups is 1. The molecule has 0 aliphatic carbocycles. The number of nitrogens with zero attached hydrogens (tertiary/aromatic N) is 1. The third kappa shape index (κ3) is 5.06. The minimum Gasteiger partial charge on any atom is -0.374 e. The number of hydrogen-bond acceptors (Lipinski definition) is 8. The average Bonchev–Trinajstić information content (AvgIpc) is 2.81. The van der Waals surface area contributed by atoms with Crippen LogP contribution in [-0.2, 0) is 23.3 Å². The Balaban J connectivity index is 2.32. The van der Waals surface area contributed by atoms with Crippen LogP contribution in [0.3, 0.4) is 0 Å². The molecule has 5 N–H and O–H groups in total. The summed E-state index contributed by atoms with van der Waals surface area (Å²) in [6.45, 7) is 1.03. The zero-order valence-corrected chi connectivity index (χ0v) is 14.4. The van der Waals surface area contributed by atoms with Crippen LogP contribution in [-0.4, -0.2) is 57.6 Å². The predicted octanol–water partition coefficient (Wildman–Crippen LogP) is -1.75. The number of ether oxygens (including phenoxy) is 3. The molecule has 0 radical (unpaired) electrons. The number of aromatic amines is 1. The fourth-order valence-corrected chi connectivity index (χ4v) is 2.87. The molecule has 0 bridgehead atoms. The van der Waals surface area contributed by atoms with E-state index in [0.29, 0.717) is 0 Å². The molecule has 1 fully saturated rings. The number of nitrogens with one attached hydrogen (secondary N) is 1. The lowest BCUT2D eigenvalue weighted by atomic mass is 10.1. The van der Waals surface area contributed by atoms with Gasteiger partial charge in [0.1, 0.15) is 24.5 Å². The summed E-state index contributed by atoms with van der Waals surface area (Å²) in [5.74, 6) is 0. The van der Waals surface area contributed by atoms with Crippen LogP contribution >= 0.6 is 7.82 Å². The van der Waals surface area contributed by atoms with E-state index in [2.05, 4.69) is 9.51 Å². The van der Waals surface area contributed by atoms with E-state index >= 15 is 0 Å². The lowest BCUT2D eigenvalue weighted by Gasteiger charge is -2.25. The summed E-state index contributed by atoms with van der Waals surface area (Å²) in [5, 5.41) is 0. The van der Waals surface area contributed by atoms with Crippen molar-refractivity contribution >= 4 is 7.82 Å². The molecular weight excluding hydrogens is 361 g/mol. The third-order valence-corrected chi connectivity index (χ3v) is 3.95. The van der Waals surface area contributed by atoms with E-state index in [1.807, 2.05) is 0 Å². The number of rotatable bonds is 7. The fraction of sp³-hybridized carbons (Fsp3) is 0.667. The van der Waals surface area contributed by atoms with Crippen molar-refractivity contribution in [1.29, 1.82) is 0 Å². The first kappa shape index (κ1) is 19.9. The molecule has 25 heavy (non-hydrogen) atoms. The highest BCUT2D eigenvalue weighted by molar-refractivity contribution is 7.46. The molecule has 0 amide bonds. The van der Waals surface area contributed by atoms with Crippen molar-refractivity contribution in [1.82, 2.24) is 9.55 Å². The van der Waals surface area contributed by atoms with Gasteiger partial charge in [0.25, 0.3) is 5.56 Å². The second-order valence-electron chi connectivity index (χ2n) is 5.37. The van der Waals surface area contributed by atoms with E-state index in [-0.39, 0.29) is 0 Å². The number of aromatic nitrogens is 2. The SMILES string of the molecule is COC1C(OC(C)N)[C@@H](COP(=O)(O)O)O[C@H]1n1ccc(=O)[nH]c1=O. The van der Waals surface area contributed by atoms with Crippen molar-refractivity contribution < 1.29 is 33.1 Å². The normalized spacial score (nSPS) is 28.2. The number of hydrogen-bond donors (Lipinski definition) is 4. The van der Waals surface area contributed by atoms with E-state index in [4.69, 9.17) is 29.7 Å². The summed E-state index contributed by atoms with van der Waals surface area (Å²) < 4.78 is 33.0. The Hall–Kier alpha value is -1.37. The van der Waals surface area contributed by atoms with Crippen molar-refractivity contribution in [3.63, 3.8) is 0 Å². The van der Waals surface area contributed by atoms with Crippen LogP contribution in [0.1, 0.15) is 13.2 Å². The number of phosphoric acid groups is 1. The van der Waals surface area contributed by atoms with Crippen molar-refractivity contribution in [2.75, 3.05) is 13.7 Å². The van der Waals surface area contributed by atoms with Crippen LogP contribution in [0.15, 0.2) is 21.9 Å². The van der Waals surface area contributed by atoms with Crippen molar-refractivity contribution in [2.45, 2.75) is 37.7 Å². The zero-order chi connectivity index (χ0) is 18.8. The van der Waals surface area contributed by atoms with E-state index in [9.17, 15) is 14.2 Å². The average molecular weight is 381 g/mol. The fourth-order valence-electron chi connectivity index (χ4n) is 2.53. The summed E-state index contributed by atoms with van der Waals surface area (Å²) in [7, 11) is -3.39. The van der Waals surface area contributed by atoms with Gasteiger partial charge in [-0.3, -0.25) is 18.9 Å². The van der Waals surface area contributed by atoms with Crippen LogP contribution in [0.5, 0.6) is 0 Å². The first-order chi connectivity index (χ1) is 11.6. The molecule has 142 valence electrons. The summed E-state index contributed by atoms with van der Waals surface area (Å²) in [5.41, 5.74) is 4.30. The Bertz CT molecular complexity index is 742. The lowest BCUT2D eigenvalue weighted by molar-refractivity contribution is -0.0874. The largest absolute Gasteiger partial charge is 0.469 e. The molecule has 2 rings (SSSR count). The van der Waals surface area contributed by atoms with Gasteiger partial charge in [0.15, 0.2) is 6.23 Å². The molecule has 1 aliphatic rings. The molecule has 3 unspecified atom stereocenters. The second-order valence-corrected chi connectivity index (χ2v) is 6.61. The first-order valence-corrected chi connectivity index (χ1v) is 8.76. The molecule has 1 aliphatic heterocycles. The van der Waals surface area contributed by atoms with Crippen LogP contribution in [0.25, 0.3) is 0 Å². The summed E-state index contributed by atoms with van der Waals surface area (Å²) >= 11 is 0. The molecule has 0 spiro atoms. The van der Waals surface area contributed by atoms with E-state index in [1.165, 1.54) is 13.3 Å². The Morgan fingerprint density at radius 2 is 2.12 bits per heavy atom. The van der Waals surface area contributed by atoms with Gasteiger partial charge >= 0.3 is 13.5 Å². The molecule has 2 heterocycles. The van der Waals surface area contributed by atoms with Gasteiger partial charge < -0.3 is 29.7 Å². The van der Waals surface area contributed by atoms with Gasteiger partial charge in [-0.05, 0) is 6.92 Å². The molecule has 0 saturated carbocycles. The maximum absolute atomic E-state index is 12.0. The maximum atomic E-state index is 12.0. The second kappa shape index (κ2) is 7.89. The highest BCUT2D eigenvalue weighted by atomic mass is 31.2.